The Morgan fingerprint density at radius 3 is 2.58 bits per heavy atom. The number of methoxy groups -OCH3 is 1. The first-order valence-electron chi connectivity index (χ1n) is 11.5. The van der Waals surface area contributed by atoms with Gasteiger partial charge in [0.1, 0.15) is 13.2 Å². The minimum atomic E-state index is -0.565. The fourth-order valence-electron chi connectivity index (χ4n) is 3.82. The Labute approximate surface area is 234 Å². The molecule has 1 fully saturated rings. The molecule has 0 bridgehead atoms. The van der Waals surface area contributed by atoms with Gasteiger partial charge in [-0.05, 0) is 61.5 Å². The standard InChI is InChI=1S/C28H24Cl2N2O5S/c1-16-7-10-22(17(2)11-16)31-25(33)14-32-27(34)24(38-28(32)35)12-18-5-4-6-23(36-3)26(18)37-15-19-8-9-20(29)13-21(19)30/h4-13H,14-15H2,1-3H3,(H,31,33)/b24-12+. The number of nitrogens with one attached hydrogen (secondary N) is 1. The molecule has 1 aliphatic heterocycles. The Balaban J connectivity index is 1.52. The third kappa shape index (κ3) is 6.32. The second-order valence-corrected chi connectivity index (χ2v) is 10.4. The van der Waals surface area contributed by atoms with Crippen LogP contribution in [-0.2, 0) is 16.2 Å². The average molecular weight is 571 g/mol. The number of rotatable bonds is 8. The first kappa shape index (κ1) is 27.6. The van der Waals surface area contributed by atoms with Crippen LogP contribution in [0.2, 0.25) is 10.0 Å². The number of ether oxygens (including phenoxy) is 2. The minimum absolute atomic E-state index is 0.122. The summed E-state index contributed by atoms with van der Waals surface area (Å²) >= 11 is 13.0. The summed E-state index contributed by atoms with van der Waals surface area (Å²) in [5.74, 6) is -0.215. The molecule has 0 aliphatic carbocycles. The van der Waals surface area contributed by atoms with Crippen LogP contribution in [0.1, 0.15) is 22.3 Å². The van der Waals surface area contributed by atoms with E-state index < -0.39 is 23.6 Å². The van der Waals surface area contributed by atoms with Crippen LogP contribution in [0.4, 0.5) is 10.5 Å². The molecule has 1 heterocycles. The number of anilines is 1. The summed E-state index contributed by atoms with van der Waals surface area (Å²) in [6, 6.07) is 15.9. The van der Waals surface area contributed by atoms with Crippen LogP contribution >= 0.6 is 35.0 Å². The van der Waals surface area contributed by atoms with Gasteiger partial charge in [0, 0.05) is 26.9 Å². The van der Waals surface area contributed by atoms with Crippen molar-refractivity contribution in [2.75, 3.05) is 19.0 Å². The third-order valence-corrected chi connectivity index (χ3v) is 7.23. The van der Waals surface area contributed by atoms with Crippen LogP contribution in [0.3, 0.4) is 0 Å². The SMILES string of the molecule is COc1cccc(/C=C2/SC(=O)N(CC(=O)Nc3ccc(C)cc3C)C2=O)c1OCc1ccc(Cl)cc1Cl. The lowest BCUT2D eigenvalue weighted by molar-refractivity contribution is -0.127. The third-order valence-electron chi connectivity index (χ3n) is 5.73. The molecule has 1 aliphatic rings. The highest BCUT2D eigenvalue weighted by molar-refractivity contribution is 8.18. The number of halogens is 2. The quantitative estimate of drug-likeness (QED) is 0.297. The number of hydrogen-bond donors (Lipinski definition) is 1. The zero-order valence-corrected chi connectivity index (χ0v) is 23.2. The number of aryl methyl sites for hydroxylation is 2. The summed E-state index contributed by atoms with van der Waals surface area (Å²) in [6.07, 6.45) is 1.55. The lowest BCUT2D eigenvalue weighted by Gasteiger charge is -2.15. The lowest BCUT2D eigenvalue weighted by atomic mass is 10.1. The van der Waals surface area contributed by atoms with Crippen LogP contribution in [-0.4, -0.2) is 35.6 Å². The Morgan fingerprint density at radius 1 is 1.08 bits per heavy atom. The Hall–Kier alpha value is -3.46. The summed E-state index contributed by atoms with van der Waals surface area (Å²) in [5, 5.41) is 3.20. The molecule has 10 heteroatoms. The normalized spacial score (nSPS) is 14.2. The molecule has 0 atom stereocenters. The summed E-state index contributed by atoms with van der Waals surface area (Å²) in [6.45, 7) is 3.56. The second kappa shape index (κ2) is 11.9. The maximum absolute atomic E-state index is 13.1. The van der Waals surface area contributed by atoms with Crippen LogP contribution in [0.5, 0.6) is 11.5 Å². The molecule has 0 radical (unpaired) electrons. The molecule has 1 N–H and O–H groups in total. The molecular weight excluding hydrogens is 547 g/mol. The fraction of sp³-hybridized carbons (Fsp3) is 0.179. The van der Waals surface area contributed by atoms with Crippen molar-refractivity contribution in [2.24, 2.45) is 0 Å². The Bertz CT molecular complexity index is 1460. The van der Waals surface area contributed by atoms with Gasteiger partial charge in [-0.1, -0.05) is 59.1 Å². The van der Waals surface area contributed by atoms with Crippen molar-refractivity contribution >= 4 is 63.8 Å². The van der Waals surface area contributed by atoms with Gasteiger partial charge in [-0.3, -0.25) is 19.3 Å². The first-order chi connectivity index (χ1) is 18.2. The zero-order valence-electron chi connectivity index (χ0n) is 20.8. The van der Waals surface area contributed by atoms with E-state index in [4.69, 9.17) is 32.7 Å². The van der Waals surface area contributed by atoms with Crippen LogP contribution in [0, 0.1) is 13.8 Å². The second-order valence-electron chi connectivity index (χ2n) is 8.54. The number of thioether (sulfide) groups is 1. The Morgan fingerprint density at radius 2 is 1.87 bits per heavy atom. The van der Waals surface area contributed by atoms with Gasteiger partial charge in [0.05, 0.1) is 12.0 Å². The maximum atomic E-state index is 13.1. The molecular formula is C28H24Cl2N2O5S. The summed E-state index contributed by atoms with van der Waals surface area (Å²) < 4.78 is 11.5. The number of nitrogens with zero attached hydrogens (tertiary/aromatic N) is 1. The monoisotopic (exact) mass is 570 g/mol. The molecule has 0 unspecified atom stereocenters. The topological polar surface area (TPSA) is 84.9 Å². The summed E-state index contributed by atoms with van der Waals surface area (Å²) in [4.78, 5) is 39.4. The molecule has 7 nitrogen and oxygen atoms in total. The van der Waals surface area contributed by atoms with Crippen molar-refractivity contribution in [3.8, 4) is 11.5 Å². The largest absolute Gasteiger partial charge is 0.493 e. The van der Waals surface area contributed by atoms with Crippen molar-refractivity contribution in [3.05, 3.63) is 91.8 Å². The number of carbonyl (C=O) groups is 3. The van der Waals surface area contributed by atoms with Crippen LogP contribution in [0.15, 0.2) is 59.5 Å². The van der Waals surface area contributed by atoms with E-state index in [1.54, 1.807) is 48.5 Å². The minimum Gasteiger partial charge on any atom is -0.493 e. The van der Waals surface area contributed by atoms with Crippen molar-refractivity contribution in [1.29, 1.82) is 0 Å². The van der Waals surface area contributed by atoms with Gasteiger partial charge >= 0.3 is 0 Å². The van der Waals surface area contributed by atoms with Crippen molar-refractivity contribution < 1.29 is 23.9 Å². The smallest absolute Gasteiger partial charge is 0.294 e. The number of benzene rings is 3. The fourth-order valence-corrected chi connectivity index (χ4v) is 5.11. The van der Waals surface area contributed by atoms with E-state index >= 15 is 0 Å². The van der Waals surface area contributed by atoms with Gasteiger partial charge in [0.25, 0.3) is 11.1 Å². The van der Waals surface area contributed by atoms with Crippen molar-refractivity contribution in [1.82, 2.24) is 4.90 Å². The van der Waals surface area contributed by atoms with Gasteiger partial charge in [0.15, 0.2) is 11.5 Å². The van der Waals surface area contributed by atoms with Gasteiger partial charge in [0.2, 0.25) is 5.91 Å². The number of hydrogen-bond acceptors (Lipinski definition) is 6. The number of amides is 3. The van der Waals surface area contributed by atoms with E-state index in [1.165, 1.54) is 7.11 Å². The van der Waals surface area contributed by atoms with Gasteiger partial charge < -0.3 is 14.8 Å². The van der Waals surface area contributed by atoms with Gasteiger partial charge in [-0.15, -0.1) is 0 Å². The van der Waals surface area contributed by atoms with Crippen LogP contribution in [0.25, 0.3) is 6.08 Å². The average Bonchev–Trinajstić information content (AvgIpc) is 3.13. The number of imide groups is 1. The molecule has 0 saturated carbocycles. The van der Waals surface area contributed by atoms with Crippen molar-refractivity contribution in [3.63, 3.8) is 0 Å². The highest BCUT2D eigenvalue weighted by atomic mass is 35.5. The molecule has 1 saturated heterocycles. The Kier molecular flexibility index (Phi) is 8.66. The highest BCUT2D eigenvalue weighted by Crippen LogP contribution is 2.38. The highest BCUT2D eigenvalue weighted by Gasteiger charge is 2.36. The van der Waals surface area contributed by atoms with E-state index in [0.29, 0.717) is 38.4 Å². The van der Waals surface area contributed by atoms with Gasteiger partial charge in [-0.25, -0.2) is 0 Å². The molecule has 3 amide bonds. The summed E-state index contributed by atoms with van der Waals surface area (Å²) in [7, 11) is 1.50. The molecule has 196 valence electrons. The molecule has 38 heavy (non-hydrogen) atoms. The summed E-state index contributed by atoms with van der Waals surface area (Å²) in [5.41, 5.74) is 3.82. The van der Waals surface area contributed by atoms with E-state index in [1.807, 2.05) is 26.0 Å². The van der Waals surface area contributed by atoms with Crippen molar-refractivity contribution in [2.45, 2.75) is 20.5 Å². The molecule has 4 rings (SSSR count). The number of carbonyl (C=O) groups excluding carboxylic acids is 3. The zero-order chi connectivity index (χ0) is 27.4. The van der Waals surface area contributed by atoms with Gasteiger partial charge in [-0.2, -0.15) is 0 Å². The predicted octanol–water partition coefficient (Wildman–Crippen LogP) is 6.87. The van der Waals surface area contributed by atoms with E-state index in [2.05, 4.69) is 5.32 Å². The number of para-hydroxylation sites is 1. The van der Waals surface area contributed by atoms with Crippen LogP contribution < -0.4 is 14.8 Å². The molecule has 3 aromatic rings. The first-order valence-corrected chi connectivity index (χ1v) is 13.1. The van der Waals surface area contributed by atoms with E-state index in [0.717, 1.165) is 27.8 Å². The molecule has 0 spiro atoms. The maximum Gasteiger partial charge on any atom is 0.294 e. The van der Waals surface area contributed by atoms with E-state index in [-0.39, 0.29) is 11.5 Å². The lowest BCUT2D eigenvalue weighted by Crippen LogP contribution is -2.36. The molecule has 0 aromatic heterocycles. The molecule has 3 aromatic carbocycles. The predicted molar refractivity (Wildman–Crippen MR) is 151 cm³/mol. The van der Waals surface area contributed by atoms with E-state index in [9.17, 15) is 14.4 Å².